The molecule has 2 N–H and O–H groups in total. The van der Waals surface area contributed by atoms with E-state index < -0.39 is 6.04 Å². The van der Waals surface area contributed by atoms with E-state index in [9.17, 15) is 9.59 Å². The number of amides is 3. The van der Waals surface area contributed by atoms with Gasteiger partial charge in [0.1, 0.15) is 6.04 Å². The molecule has 2 fully saturated rings. The summed E-state index contributed by atoms with van der Waals surface area (Å²) in [6.07, 6.45) is 1.53. The largest absolute Gasteiger partial charge is 0.333 e. The van der Waals surface area contributed by atoms with Crippen LogP contribution in [0.1, 0.15) is 12.8 Å². The average Bonchev–Trinajstić information content (AvgIpc) is 2.60. The Hall–Kier alpha value is -1.34. The number of nitrogens with zero attached hydrogens (tertiary/aromatic N) is 2. The highest BCUT2D eigenvalue weighted by molar-refractivity contribution is 5.88. The van der Waals surface area contributed by atoms with Gasteiger partial charge >= 0.3 is 6.03 Å². The van der Waals surface area contributed by atoms with Crippen LogP contribution < -0.4 is 10.8 Å². The number of piperidine rings is 1. The number of carbonyl (C=O) groups excluding carboxylic acids is 2. The second kappa shape index (κ2) is 5.53. The van der Waals surface area contributed by atoms with Crippen molar-refractivity contribution in [3.63, 3.8) is 0 Å². The fourth-order valence-corrected chi connectivity index (χ4v) is 2.26. The Balaban J connectivity index is 1.77. The highest BCUT2D eigenvalue weighted by atomic mass is 16.7. The van der Waals surface area contributed by atoms with E-state index in [0.29, 0.717) is 19.6 Å². The van der Waals surface area contributed by atoms with Gasteiger partial charge in [-0.1, -0.05) is 0 Å². The monoisotopic (exact) mass is 256 g/mol. The van der Waals surface area contributed by atoms with Crippen LogP contribution in [0.3, 0.4) is 0 Å². The molecule has 0 unspecified atom stereocenters. The van der Waals surface area contributed by atoms with Gasteiger partial charge < -0.3 is 15.1 Å². The molecule has 2 bridgehead atoms. The Bertz CT molecular complexity index is 334. The van der Waals surface area contributed by atoms with Crippen LogP contribution in [0.25, 0.3) is 0 Å². The van der Waals surface area contributed by atoms with Gasteiger partial charge in [-0.15, -0.1) is 0 Å². The van der Waals surface area contributed by atoms with Crippen molar-refractivity contribution in [2.45, 2.75) is 24.9 Å². The van der Waals surface area contributed by atoms with Gasteiger partial charge in [0, 0.05) is 19.1 Å². The maximum atomic E-state index is 11.9. The molecule has 2 rings (SSSR count). The van der Waals surface area contributed by atoms with Crippen LogP contribution in [0.5, 0.6) is 0 Å². The van der Waals surface area contributed by atoms with Crippen molar-refractivity contribution in [1.29, 1.82) is 0 Å². The predicted octanol–water partition coefficient (Wildman–Crippen LogP) is -0.848. The summed E-state index contributed by atoms with van der Waals surface area (Å²) in [6, 6.07) is -0.342. The Morgan fingerprint density at radius 2 is 2.33 bits per heavy atom. The number of nitrogens with one attached hydrogen (secondary N) is 2. The molecule has 0 spiro atoms. The van der Waals surface area contributed by atoms with Gasteiger partial charge in [-0.25, -0.2) is 10.3 Å². The van der Waals surface area contributed by atoms with Gasteiger partial charge in [0.05, 0.1) is 6.61 Å². The van der Waals surface area contributed by atoms with E-state index in [2.05, 4.69) is 10.8 Å². The smallest absolute Gasteiger partial charge is 0.318 e. The van der Waals surface area contributed by atoms with E-state index in [1.807, 2.05) is 19.0 Å². The van der Waals surface area contributed by atoms with Gasteiger partial charge in [0.15, 0.2) is 0 Å². The molecule has 0 aliphatic carbocycles. The number of likely N-dealkylation sites (N-methyl/N-ethyl adjacent to an activating group) is 1. The van der Waals surface area contributed by atoms with Crippen LogP contribution in [-0.4, -0.2) is 67.6 Å². The molecule has 2 heterocycles. The second-order valence-corrected chi connectivity index (χ2v) is 5.01. The molecule has 3 amide bonds. The maximum Gasteiger partial charge on any atom is 0.318 e. The van der Waals surface area contributed by atoms with Crippen molar-refractivity contribution < 1.29 is 14.4 Å². The molecular formula is C11H20N4O3. The molecule has 0 aromatic heterocycles. The minimum atomic E-state index is -0.400. The zero-order valence-corrected chi connectivity index (χ0v) is 10.8. The molecule has 0 radical (unpaired) electrons. The highest BCUT2D eigenvalue weighted by Crippen LogP contribution is 2.22. The third-order valence-electron chi connectivity index (χ3n) is 3.29. The zero-order chi connectivity index (χ0) is 13.1. The standard InChI is InChI=1S/C11H20N4O3/c1-14(2)5-6-18-13-10(16)9-4-3-8-7-15(9)11(17)12-8/h8-9H,3-7H2,1-2H3,(H,12,17)(H,13,16)/t8-,9+/m1/s1. The van der Waals surface area contributed by atoms with Crippen LogP contribution in [0.2, 0.25) is 0 Å². The van der Waals surface area contributed by atoms with Crippen LogP contribution in [-0.2, 0) is 9.63 Å². The van der Waals surface area contributed by atoms with E-state index in [-0.39, 0.29) is 18.0 Å². The Morgan fingerprint density at radius 1 is 1.56 bits per heavy atom. The van der Waals surface area contributed by atoms with E-state index in [1.54, 1.807) is 4.90 Å². The lowest BCUT2D eigenvalue weighted by Gasteiger charge is -2.29. The van der Waals surface area contributed by atoms with Gasteiger partial charge in [0.2, 0.25) is 0 Å². The van der Waals surface area contributed by atoms with Crippen LogP contribution >= 0.6 is 0 Å². The normalized spacial score (nSPS) is 26.4. The summed E-state index contributed by atoms with van der Waals surface area (Å²) >= 11 is 0. The fraction of sp³-hybridized carbons (Fsp3) is 0.818. The molecule has 0 aromatic rings. The van der Waals surface area contributed by atoms with Crippen LogP contribution in [0, 0.1) is 0 Å². The lowest BCUT2D eigenvalue weighted by Crippen LogP contribution is -2.49. The molecule has 2 atom stereocenters. The SMILES string of the molecule is CN(C)CCONC(=O)[C@@H]1CC[C@@H]2CN1C(=O)N2. The Morgan fingerprint density at radius 3 is 3.06 bits per heavy atom. The van der Waals surface area contributed by atoms with E-state index in [1.165, 1.54) is 0 Å². The van der Waals surface area contributed by atoms with Crippen molar-refractivity contribution in [3.8, 4) is 0 Å². The van der Waals surface area contributed by atoms with E-state index in [0.717, 1.165) is 13.0 Å². The molecule has 7 heteroatoms. The number of hydrogen-bond acceptors (Lipinski definition) is 4. The molecule has 2 aliphatic heterocycles. The van der Waals surface area contributed by atoms with Gasteiger partial charge in [0.25, 0.3) is 5.91 Å². The summed E-state index contributed by atoms with van der Waals surface area (Å²) in [5.41, 5.74) is 2.42. The van der Waals surface area contributed by atoms with Gasteiger partial charge in [-0.3, -0.25) is 9.63 Å². The van der Waals surface area contributed by atoms with Crippen molar-refractivity contribution >= 4 is 11.9 Å². The number of hydroxylamine groups is 1. The van der Waals surface area contributed by atoms with Gasteiger partial charge in [-0.05, 0) is 26.9 Å². The van der Waals surface area contributed by atoms with Gasteiger partial charge in [-0.2, -0.15) is 0 Å². The van der Waals surface area contributed by atoms with Crippen LogP contribution in [0.4, 0.5) is 4.79 Å². The second-order valence-electron chi connectivity index (χ2n) is 5.01. The molecule has 102 valence electrons. The first-order valence-electron chi connectivity index (χ1n) is 6.21. The summed E-state index contributed by atoms with van der Waals surface area (Å²) < 4.78 is 0. The van der Waals surface area contributed by atoms with E-state index in [4.69, 9.17) is 4.84 Å². The Labute approximate surface area is 106 Å². The first kappa shape index (κ1) is 13.1. The number of carbonyl (C=O) groups is 2. The van der Waals surface area contributed by atoms with Crippen molar-refractivity contribution in [2.24, 2.45) is 0 Å². The number of urea groups is 1. The third-order valence-corrected chi connectivity index (χ3v) is 3.29. The number of fused-ring (bicyclic) bond motifs is 2. The molecule has 18 heavy (non-hydrogen) atoms. The first-order valence-corrected chi connectivity index (χ1v) is 6.21. The highest BCUT2D eigenvalue weighted by Gasteiger charge is 2.41. The summed E-state index contributed by atoms with van der Waals surface area (Å²) in [6.45, 7) is 1.78. The Kier molecular flexibility index (Phi) is 4.03. The number of hydrogen-bond donors (Lipinski definition) is 2. The average molecular weight is 256 g/mol. The summed E-state index contributed by atoms with van der Waals surface area (Å²) in [5, 5.41) is 2.84. The lowest BCUT2D eigenvalue weighted by molar-refractivity contribution is -0.139. The fourth-order valence-electron chi connectivity index (χ4n) is 2.26. The first-order chi connectivity index (χ1) is 8.58. The maximum absolute atomic E-state index is 11.9. The summed E-state index contributed by atoms with van der Waals surface area (Å²) in [5.74, 6) is -0.232. The molecule has 0 aromatic carbocycles. The van der Waals surface area contributed by atoms with Crippen LogP contribution in [0.15, 0.2) is 0 Å². The number of rotatable bonds is 5. The summed E-state index contributed by atoms with van der Waals surface area (Å²) in [7, 11) is 3.86. The van der Waals surface area contributed by atoms with Crippen molar-refractivity contribution in [1.82, 2.24) is 20.6 Å². The molecule has 7 nitrogen and oxygen atoms in total. The third kappa shape index (κ3) is 2.91. The topological polar surface area (TPSA) is 73.9 Å². The lowest BCUT2D eigenvalue weighted by atomic mass is 10.0. The molecule has 2 saturated heterocycles. The quantitative estimate of drug-likeness (QED) is 0.496. The molecule has 0 saturated carbocycles. The zero-order valence-electron chi connectivity index (χ0n) is 10.8. The van der Waals surface area contributed by atoms with Crippen molar-refractivity contribution in [2.75, 3.05) is 33.8 Å². The molecular weight excluding hydrogens is 236 g/mol. The minimum Gasteiger partial charge on any atom is -0.333 e. The van der Waals surface area contributed by atoms with Crippen molar-refractivity contribution in [3.05, 3.63) is 0 Å². The van der Waals surface area contributed by atoms with E-state index >= 15 is 0 Å². The summed E-state index contributed by atoms with van der Waals surface area (Å²) in [4.78, 5) is 32.1. The minimum absolute atomic E-state index is 0.147. The molecule has 2 aliphatic rings. The predicted molar refractivity (Wildman–Crippen MR) is 64.7 cm³/mol.